The van der Waals surface area contributed by atoms with Gasteiger partial charge in [-0.15, -0.1) is 12.4 Å². The number of nitrogens with zero attached hydrogens (tertiary/aromatic N) is 3. The van der Waals surface area contributed by atoms with Crippen LogP contribution in [0.1, 0.15) is 25.7 Å². The van der Waals surface area contributed by atoms with Crippen LogP contribution in [0.4, 0.5) is 0 Å². The van der Waals surface area contributed by atoms with Crippen LogP contribution in [-0.4, -0.2) is 41.2 Å². The number of rotatable bonds is 6. The Morgan fingerprint density at radius 2 is 2.23 bits per heavy atom. The first-order chi connectivity index (χ1) is 10.3. The third-order valence-corrected chi connectivity index (χ3v) is 4.68. The van der Waals surface area contributed by atoms with Gasteiger partial charge in [0, 0.05) is 10.9 Å². The van der Waals surface area contributed by atoms with Gasteiger partial charge >= 0.3 is 0 Å². The third kappa shape index (κ3) is 4.52. The monoisotopic (exact) mass is 342 g/mol. The van der Waals surface area contributed by atoms with Gasteiger partial charge in [0.05, 0.1) is 6.54 Å². The highest BCUT2D eigenvalue weighted by Gasteiger charge is 2.20. The second kappa shape index (κ2) is 8.62. The zero-order chi connectivity index (χ0) is 14.5. The van der Waals surface area contributed by atoms with E-state index in [-0.39, 0.29) is 12.4 Å². The van der Waals surface area contributed by atoms with Crippen molar-refractivity contribution in [3.05, 3.63) is 22.7 Å². The quantitative estimate of drug-likeness (QED) is 0.874. The summed E-state index contributed by atoms with van der Waals surface area (Å²) in [6.07, 6.45) is 2.50. The molecular weight excluding hydrogens is 320 g/mol. The SMILES string of the molecule is CCNCC1CCN(Cc2nc(-c3ccsc3)no2)CC1.Cl. The lowest BCUT2D eigenvalue weighted by atomic mass is 9.97. The van der Waals surface area contributed by atoms with Gasteiger partial charge in [0.2, 0.25) is 11.7 Å². The van der Waals surface area contributed by atoms with Gasteiger partial charge < -0.3 is 9.84 Å². The van der Waals surface area contributed by atoms with Crippen LogP contribution in [0.15, 0.2) is 21.3 Å². The van der Waals surface area contributed by atoms with Crippen LogP contribution >= 0.6 is 23.7 Å². The number of thiophene rings is 1. The maximum atomic E-state index is 5.37. The van der Waals surface area contributed by atoms with E-state index in [9.17, 15) is 0 Å². The van der Waals surface area contributed by atoms with E-state index in [1.54, 1.807) is 11.3 Å². The fourth-order valence-electron chi connectivity index (χ4n) is 2.72. The number of hydrogen-bond acceptors (Lipinski definition) is 6. The van der Waals surface area contributed by atoms with Crippen molar-refractivity contribution in [3.63, 3.8) is 0 Å². The van der Waals surface area contributed by atoms with E-state index in [2.05, 4.69) is 27.3 Å². The second-order valence-corrected chi connectivity index (χ2v) is 6.33. The highest BCUT2D eigenvalue weighted by molar-refractivity contribution is 7.08. The number of piperidine rings is 1. The summed E-state index contributed by atoms with van der Waals surface area (Å²) < 4.78 is 5.37. The molecule has 0 bridgehead atoms. The molecule has 0 amide bonds. The van der Waals surface area contributed by atoms with Crippen molar-refractivity contribution in [2.45, 2.75) is 26.3 Å². The van der Waals surface area contributed by atoms with Crippen LogP contribution in [0.3, 0.4) is 0 Å². The van der Waals surface area contributed by atoms with Gasteiger partial charge in [-0.1, -0.05) is 12.1 Å². The number of aromatic nitrogens is 2. The number of halogens is 1. The van der Waals surface area contributed by atoms with E-state index in [1.165, 1.54) is 12.8 Å². The van der Waals surface area contributed by atoms with E-state index in [4.69, 9.17) is 4.52 Å². The van der Waals surface area contributed by atoms with E-state index >= 15 is 0 Å². The fraction of sp³-hybridized carbons (Fsp3) is 0.600. The van der Waals surface area contributed by atoms with Gasteiger partial charge in [0.15, 0.2) is 0 Å². The molecule has 22 heavy (non-hydrogen) atoms. The highest BCUT2D eigenvalue weighted by Crippen LogP contribution is 2.21. The van der Waals surface area contributed by atoms with Gasteiger partial charge in [-0.25, -0.2) is 0 Å². The lowest BCUT2D eigenvalue weighted by molar-refractivity contribution is 0.158. The van der Waals surface area contributed by atoms with Crippen LogP contribution in [0.2, 0.25) is 0 Å². The minimum absolute atomic E-state index is 0. The molecule has 0 radical (unpaired) electrons. The zero-order valence-electron chi connectivity index (χ0n) is 12.8. The normalized spacial score (nSPS) is 16.6. The number of likely N-dealkylation sites (tertiary alicyclic amines) is 1. The Hall–Kier alpha value is -0.950. The Bertz CT molecular complexity index is 537. The molecule has 0 atom stereocenters. The Kier molecular flexibility index (Phi) is 6.82. The average Bonchev–Trinajstić information content (AvgIpc) is 3.17. The van der Waals surface area contributed by atoms with Crippen LogP contribution in [-0.2, 0) is 6.54 Å². The Morgan fingerprint density at radius 3 is 2.91 bits per heavy atom. The molecule has 5 nitrogen and oxygen atoms in total. The molecule has 2 aromatic rings. The molecule has 1 aliphatic rings. The highest BCUT2D eigenvalue weighted by atomic mass is 35.5. The standard InChI is InChI=1S/C15H22N4OS.ClH/c1-2-16-9-12-3-6-19(7-4-12)10-14-17-15(18-20-14)13-5-8-21-11-13;/h5,8,11-12,16H,2-4,6-7,9-10H2,1H3;1H. The maximum Gasteiger partial charge on any atom is 0.241 e. The second-order valence-electron chi connectivity index (χ2n) is 5.55. The smallest absolute Gasteiger partial charge is 0.241 e. The van der Waals surface area contributed by atoms with Crippen molar-refractivity contribution in [1.82, 2.24) is 20.4 Å². The van der Waals surface area contributed by atoms with E-state index in [0.29, 0.717) is 5.82 Å². The van der Waals surface area contributed by atoms with Crippen molar-refractivity contribution >= 4 is 23.7 Å². The van der Waals surface area contributed by atoms with E-state index < -0.39 is 0 Å². The first-order valence-electron chi connectivity index (χ1n) is 7.63. The number of hydrogen-bond donors (Lipinski definition) is 1. The minimum atomic E-state index is 0. The Balaban J connectivity index is 0.00000176. The first kappa shape index (κ1) is 17.4. The van der Waals surface area contributed by atoms with Crippen molar-refractivity contribution < 1.29 is 4.52 Å². The van der Waals surface area contributed by atoms with Crippen molar-refractivity contribution in [2.75, 3.05) is 26.2 Å². The van der Waals surface area contributed by atoms with Crippen molar-refractivity contribution in [2.24, 2.45) is 5.92 Å². The first-order valence-corrected chi connectivity index (χ1v) is 8.57. The van der Waals surface area contributed by atoms with Crippen molar-refractivity contribution in [3.8, 4) is 11.4 Å². The third-order valence-electron chi connectivity index (χ3n) is 4.00. The molecule has 0 aliphatic carbocycles. The largest absolute Gasteiger partial charge is 0.338 e. The molecule has 0 saturated carbocycles. The zero-order valence-corrected chi connectivity index (χ0v) is 14.5. The Morgan fingerprint density at radius 1 is 1.41 bits per heavy atom. The molecule has 2 aromatic heterocycles. The minimum Gasteiger partial charge on any atom is -0.338 e. The van der Waals surface area contributed by atoms with Gasteiger partial charge in [-0.05, 0) is 56.4 Å². The van der Waals surface area contributed by atoms with E-state index in [0.717, 1.165) is 50.1 Å². The summed E-state index contributed by atoms with van der Waals surface area (Å²) in [5, 5.41) is 11.6. The van der Waals surface area contributed by atoms with Crippen LogP contribution in [0.25, 0.3) is 11.4 Å². The summed E-state index contributed by atoms with van der Waals surface area (Å²) in [5.74, 6) is 2.24. The van der Waals surface area contributed by atoms with Crippen LogP contribution in [0, 0.1) is 5.92 Å². The summed E-state index contributed by atoms with van der Waals surface area (Å²) >= 11 is 1.65. The molecule has 1 aliphatic heterocycles. The van der Waals surface area contributed by atoms with Gasteiger partial charge in [-0.2, -0.15) is 16.3 Å². The summed E-state index contributed by atoms with van der Waals surface area (Å²) in [6.45, 7) is 7.38. The maximum absolute atomic E-state index is 5.37. The molecule has 0 aromatic carbocycles. The van der Waals surface area contributed by atoms with Crippen LogP contribution < -0.4 is 5.32 Å². The molecule has 122 valence electrons. The van der Waals surface area contributed by atoms with E-state index in [1.807, 2.05) is 16.8 Å². The molecule has 1 fully saturated rings. The topological polar surface area (TPSA) is 54.2 Å². The van der Waals surface area contributed by atoms with Gasteiger partial charge in [-0.3, -0.25) is 4.90 Å². The van der Waals surface area contributed by atoms with Crippen molar-refractivity contribution in [1.29, 1.82) is 0 Å². The molecule has 7 heteroatoms. The molecule has 1 N–H and O–H groups in total. The summed E-state index contributed by atoms with van der Waals surface area (Å²) in [6, 6.07) is 2.02. The predicted molar refractivity (Wildman–Crippen MR) is 91.4 cm³/mol. The molecule has 3 heterocycles. The molecule has 0 spiro atoms. The Labute approximate surface area is 141 Å². The number of nitrogens with one attached hydrogen (secondary N) is 1. The molecule has 3 rings (SSSR count). The molecule has 0 unspecified atom stereocenters. The summed E-state index contributed by atoms with van der Waals surface area (Å²) in [5.41, 5.74) is 1.04. The predicted octanol–water partition coefficient (Wildman–Crippen LogP) is 3.04. The summed E-state index contributed by atoms with van der Waals surface area (Å²) in [4.78, 5) is 6.90. The summed E-state index contributed by atoms with van der Waals surface area (Å²) in [7, 11) is 0. The molecular formula is C15H23ClN4OS. The fourth-order valence-corrected chi connectivity index (χ4v) is 3.35. The van der Waals surface area contributed by atoms with Gasteiger partial charge in [0.1, 0.15) is 0 Å². The lowest BCUT2D eigenvalue weighted by Gasteiger charge is -2.30. The lowest BCUT2D eigenvalue weighted by Crippen LogP contribution is -2.36. The molecule has 1 saturated heterocycles. The average molecular weight is 343 g/mol. The van der Waals surface area contributed by atoms with Gasteiger partial charge in [0.25, 0.3) is 0 Å². The van der Waals surface area contributed by atoms with Crippen LogP contribution in [0.5, 0.6) is 0 Å².